The molecule has 0 radical (unpaired) electrons. The van der Waals surface area contributed by atoms with Gasteiger partial charge in [-0.15, -0.1) is 11.3 Å². The molecule has 17 heavy (non-hydrogen) atoms. The van der Waals surface area contributed by atoms with Gasteiger partial charge < -0.3 is 0 Å². The number of hydrogen-bond acceptors (Lipinski definition) is 3. The minimum atomic E-state index is 0.289. The minimum absolute atomic E-state index is 0.289. The van der Waals surface area contributed by atoms with Crippen LogP contribution < -0.4 is 11.3 Å². The van der Waals surface area contributed by atoms with Gasteiger partial charge in [-0.25, -0.2) is 0 Å². The number of rotatable bonds is 5. The van der Waals surface area contributed by atoms with Gasteiger partial charge in [0.2, 0.25) is 0 Å². The predicted molar refractivity (Wildman–Crippen MR) is 77.0 cm³/mol. The average Bonchev–Trinajstić information content (AvgIpc) is 2.58. The van der Waals surface area contributed by atoms with Crippen molar-refractivity contribution in [1.29, 1.82) is 0 Å². The van der Waals surface area contributed by atoms with Crippen LogP contribution in [0.25, 0.3) is 0 Å². The van der Waals surface area contributed by atoms with E-state index in [1.54, 1.807) is 11.3 Å². The molecule has 2 unspecified atom stereocenters. The van der Waals surface area contributed by atoms with E-state index < -0.39 is 0 Å². The van der Waals surface area contributed by atoms with E-state index in [1.165, 1.54) is 16.9 Å². The Hall–Kier alpha value is -0.380. The standard InChI is InChI=1S/C14H26N2S/c1-10(8-14(3,4)5)6-13(16-15)12-7-11(2)17-9-12/h7,9-10,13,16H,6,8,15H2,1-5H3. The first-order valence-corrected chi connectivity index (χ1v) is 7.21. The lowest BCUT2D eigenvalue weighted by Gasteiger charge is -2.26. The highest BCUT2D eigenvalue weighted by Crippen LogP contribution is 2.31. The first-order chi connectivity index (χ1) is 7.81. The van der Waals surface area contributed by atoms with Crippen molar-refractivity contribution in [2.45, 2.75) is 53.5 Å². The van der Waals surface area contributed by atoms with Crippen molar-refractivity contribution in [3.8, 4) is 0 Å². The molecule has 98 valence electrons. The Kier molecular flexibility index (Phi) is 5.17. The Morgan fingerprint density at radius 3 is 2.47 bits per heavy atom. The predicted octanol–water partition coefficient (Wildman–Crippen LogP) is 4.02. The molecule has 3 N–H and O–H groups in total. The molecule has 1 aromatic rings. The second-order valence-electron chi connectivity index (χ2n) is 6.32. The molecule has 0 aliphatic rings. The second-order valence-corrected chi connectivity index (χ2v) is 7.43. The lowest BCUT2D eigenvalue weighted by Crippen LogP contribution is -2.29. The second kappa shape index (κ2) is 5.98. The van der Waals surface area contributed by atoms with Gasteiger partial charge in [0, 0.05) is 10.9 Å². The minimum Gasteiger partial charge on any atom is -0.271 e. The van der Waals surface area contributed by atoms with E-state index in [2.05, 4.69) is 51.5 Å². The summed E-state index contributed by atoms with van der Waals surface area (Å²) in [6.07, 6.45) is 2.33. The van der Waals surface area contributed by atoms with Crippen LogP contribution in [0.15, 0.2) is 11.4 Å². The molecular weight excluding hydrogens is 228 g/mol. The molecule has 0 aromatic carbocycles. The van der Waals surface area contributed by atoms with E-state index in [0.29, 0.717) is 11.3 Å². The molecule has 1 heterocycles. The Bertz CT molecular complexity index is 338. The van der Waals surface area contributed by atoms with Crippen LogP contribution in [-0.4, -0.2) is 0 Å². The van der Waals surface area contributed by atoms with Crippen molar-refractivity contribution in [1.82, 2.24) is 5.43 Å². The van der Waals surface area contributed by atoms with E-state index in [1.807, 2.05) is 0 Å². The number of nitrogens with one attached hydrogen (secondary N) is 1. The van der Waals surface area contributed by atoms with Crippen molar-refractivity contribution < 1.29 is 0 Å². The average molecular weight is 254 g/mol. The fourth-order valence-electron chi connectivity index (χ4n) is 2.48. The van der Waals surface area contributed by atoms with E-state index in [-0.39, 0.29) is 6.04 Å². The van der Waals surface area contributed by atoms with Crippen LogP contribution in [-0.2, 0) is 0 Å². The van der Waals surface area contributed by atoms with Crippen molar-refractivity contribution in [3.63, 3.8) is 0 Å². The van der Waals surface area contributed by atoms with E-state index in [4.69, 9.17) is 5.84 Å². The van der Waals surface area contributed by atoms with Gasteiger partial charge in [0.05, 0.1) is 0 Å². The Morgan fingerprint density at radius 2 is 2.06 bits per heavy atom. The van der Waals surface area contributed by atoms with Crippen LogP contribution in [0.4, 0.5) is 0 Å². The van der Waals surface area contributed by atoms with Crippen molar-refractivity contribution in [3.05, 3.63) is 21.9 Å². The van der Waals surface area contributed by atoms with Crippen molar-refractivity contribution >= 4 is 11.3 Å². The van der Waals surface area contributed by atoms with Gasteiger partial charge >= 0.3 is 0 Å². The zero-order valence-electron chi connectivity index (χ0n) is 11.7. The van der Waals surface area contributed by atoms with Crippen LogP contribution in [0.5, 0.6) is 0 Å². The van der Waals surface area contributed by atoms with Gasteiger partial charge in [0.15, 0.2) is 0 Å². The Labute approximate surface area is 110 Å². The molecule has 1 aromatic heterocycles. The first-order valence-electron chi connectivity index (χ1n) is 6.33. The highest BCUT2D eigenvalue weighted by Gasteiger charge is 2.20. The zero-order valence-corrected chi connectivity index (χ0v) is 12.5. The molecule has 2 nitrogen and oxygen atoms in total. The summed E-state index contributed by atoms with van der Waals surface area (Å²) in [7, 11) is 0. The van der Waals surface area contributed by atoms with Crippen LogP contribution in [0.2, 0.25) is 0 Å². The summed E-state index contributed by atoms with van der Waals surface area (Å²) in [4.78, 5) is 1.35. The summed E-state index contributed by atoms with van der Waals surface area (Å²) in [6.45, 7) is 11.3. The fraction of sp³-hybridized carbons (Fsp3) is 0.714. The van der Waals surface area contributed by atoms with E-state index in [0.717, 1.165) is 6.42 Å². The van der Waals surface area contributed by atoms with Crippen LogP contribution in [0.3, 0.4) is 0 Å². The summed E-state index contributed by atoms with van der Waals surface area (Å²) < 4.78 is 0. The number of aryl methyl sites for hydroxylation is 1. The molecule has 0 aliphatic heterocycles. The molecule has 2 atom stereocenters. The normalized spacial score (nSPS) is 15.9. The third-order valence-corrected chi connectivity index (χ3v) is 3.83. The van der Waals surface area contributed by atoms with Crippen LogP contribution >= 0.6 is 11.3 Å². The van der Waals surface area contributed by atoms with E-state index in [9.17, 15) is 0 Å². The summed E-state index contributed by atoms with van der Waals surface area (Å²) in [5, 5.41) is 2.21. The molecule has 0 aliphatic carbocycles. The summed E-state index contributed by atoms with van der Waals surface area (Å²) in [5.41, 5.74) is 4.68. The summed E-state index contributed by atoms with van der Waals surface area (Å²) >= 11 is 1.79. The lowest BCUT2D eigenvalue weighted by molar-refractivity contribution is 0.276. The fourth-order valence-corrected chi connectivity index (χ4v) is 3.24. The highest BCUT2D eigenvalue weighted by molar-refractivity contribution is 7.10. The SMILES string of the molecule is Cc1cc(C(CC(C)CC(C)(C)C)NN)cs1. The van der Waals surface area contributed by atoms with Gasteiger partial charge in [0.25, 0.3) is 0 Å². The third kappa shape index (κ3) is 5.19. The maximum Gasteiger partial charge on any atom is 0.0470 e. The Balaban J connectivity index is 2.58. The lowest BCUT2D eigenvalue weighted by atomic mass is 9.82. The van der Waals surface area contributed by atoms with Gasteiger partial charge in [-0.2, -0.15) is 0 Å². The maximum atomic E-state index is 5.68. The van der Waals surface area contributed by atoms with Crippen molar-refractivity contribution in [2.75, 3.05) is 0 Å². The van der Waals surface area contributed by atoms with Gasteiger partial charge in [-0.1, -0.05) is 27.7 Å². The maximum absolute atomic E-state index is 5.68. The van der Waals surface area contributed by atoms with E-state index >= 15 is 0 Å². The molecule has 0 spiro atoms. The molecule has 1 rings (SSSR count). The number of nitrogens with two attached hydrogens (primary N) is 1. The largest absolute Gasteiger partial charge is 0.271 e. The monoisotopic (exact) mass is 254 g/mol. The molecule has 0 saturated carbocycles. The van der Waals surface area contributed by atoms with Crippen molar-refractivity contribution in [2.24, 2.45) is 17.2 Å². The molecule has 0 amide bonds. The van der Waals surface area contributed by atoms with Gasteiger partial charge in [-0.3, -0.25) is 11.3 Å². The quantitative estimate of drug-likeness (QED) is 0.615. The molecular formula is C14H26N2S. The van der Waals surface area contributed by atoms with Gasteiger partial charge in [-0.05, 0) is 48.1 Å². The van der Waals surface area contributed by atoms with Gasteiger partial charge in [0.1, 0.15) is 0 Å². The third-order valence-electron chi connectivity index (χ3n) is 2.95. The molecule has 0 saturated heterocycles. The van der Waals surface area contributed by atoms with Crippen LogP contribution in [0.1, 0.15) is 57.0 Å². The molecule has 0 fully saturated rings. The number of hydrazine groups is 1. The highest BCUT2D eigenvalue weighted by atomic mass is 32.1. The molecule has 0 bridgehead atoms. The molecule has 3 heteroatoms. The zero-order chi connectivity index (χ0) is 13.1. The summed E-state index contributed by atoms with van der Waals surface area (Å²) in [6, 6.07) is 2.52. The number of thiophene rings is 1. The Morgan fingerprint density at radius 1 is 1.41 bits per heavy atom. The number of hydrogen-bond donors (Lipinski definition) is 2. The topological polar surface area (TPSA) is 38.0 Å². The summed E-state index contributed by atoms with van der Waals surface area (Å²) in [5.74, 6) is 6.36. The van der Waals surface area contributed by atoms with Crippen LogP contribution in [0, 0.1) is 18.3 Å². The first kappa shape index (κ1) is 14.7. The smallest absolute Gasteiger partial charge is 0.0470 e.